The summed E-state index contributed by atoms with van der Waals surface area (Å²) in [5.74, 6) is 0. The van der Waals surface area contributed by atoms with Crippen molar-refractivity contribution in [1.82, 2.24) is 0 Å². The van der Waals surface area contributed by atoms with Crippen LogP contribution in [0.4, 0.5) is 5.69 Å². The van der Waals surface area contributed by atoms with E-state index in [9.17, 15) is 0 Å². The fraction of sp³-hybridized carbons (Fsp3) is 0.250. The molecule has 60 valence electrons. The smallest absolute Gasteiger partial charge is 0.0654 e. The summed E-state index contributed by atoms with van der Waals surface area (Å²) in [6.45, 7) is 0.511. The lowest BCUT2D eigenvalue weighted by atomic mass is 10.3. The van der Waals surface area contributed by atoms with Crippen molar-refractivity contribution in [3.8, 4) is 0 Å². The van der Waals surface area contributed by atoms with E-state index in [0.717, 1.165) is 10.6 Å². The van der Waals surface area contributed by atoms with E-state index in [2.05, 4.69) is 12.6 Å². The van der Waals surface area contributed by atoms with Crippen molar-refractivity contribution in [3.05, 3.63) is 24.3 Å². The van der Waals surface area contributed by atoms with Crippen molar-refractivity contribution < 1.29 is 0 Å². The fourth-order valence-corrected chi connectivity index (χ4v) is 1.22. The van der Waals surface area contributed by atoms with Gasteiger partial charge >= 0.3 is 0 Å². The molecule has 0 unspecified atom stereocenters. The standard InChI is InChI=1S/C8H12N2S/c1-10(6-9)7-4-2-3-5-8(7)11/h2-5,11H,6,9H2,1H3. The van der Waals surface area contributed by atoms with Crippen molar-refractivity contribution in [2.75, 3.05) is 18.6 Å². The topological polar surface area (TPSA) is 29.3 Å². The molecule has 0 saturated heterocycles. The molecule has 0 aliphatic carbocycles. The molecule has 0 amide bonds. The van der Waals surface area contributed by atoms with Gasteiger partial charge in [0.1, 0.15) is 0 Å². The van der Waals surface area contributed by atoms with Gasteiger partial charge in [-0.05, 0) is 12.1 Å². The van der Waals surface area contributed by atoms with Crippen LogP contribution in [0.5, 0.6) is 0 Å². The number of benzene rings is 1. The zero-order valence-corrected chi connectivity index (χ0v) is 7.38. The number of anilines is 1. The van der Waals surface area contributed by atoms with E-state index >= 15 is 0 Å². The number of thiol groups is 1. The Hall–Kier alpha value is -0.670. The zero-order chi connectivity index (χ0) is 8.27. The van der Waals surface area contributed by atoms with Gasteiger partial charge in [0.25, 0.3) is 0 Å². The highest BCUT2D eigenvalue weighted by molar-refractivity contribution is 7.80. The van der Waals surface area contributed by atoms with E-state index in [1.165, 1.54) is 0 Å². The molecule has 0 radical (unpaired) electrons. The van der Waals surface area contributed by atoms with Crippen molar-refractivity contribution in [3.63, 3.8) is 0 Å². The van der Waals surface area contributed by atoms with E-state index in [-0.39, 0.29) is 0 Å². The van der Waals surface area contributed by atoms with Gasteiger partial charge in [-0.2, -0.15) is 0 Å². The minimum Gasteiger partial charge on any atom is -0.361 e. The molecule has 0 aliphatic rings. The summed E-state index contributed by atoms with van der Waals surface area (Å²) < 4.78 is 0. The van der Waals surface area contributed by atoms with Gasteiger partial charge in [0.2, 0.25) is 0 Å². The average Bonchev–Trinajstić information content (AvgIpc) is 2.04. The van der Waals surface area contributed by atoms with Crippen LogP contribution in [0.1, 0.15) is 0 Å². The minimum absolute atomic E-state index is 0.511. The largest absolute Gasteiger partial charge is 0.361 e. The van der Waals surface area contributed by atoms with Crippen LogP contribution < -0.4 is 10.6 Å². The van der Waals surface area contributed by atoms with Gasteiger partial charge in [-0.3, -0.25) is 0 Å². The van der Waals surface area contributed by atoms with Crippen LogP contribution in [0, 0.1) is 0 Å². The number of hydrogen-bond donors (Lipinski definition) is 2. The van der Waals surface area contributed by atoms with E-state index in [0.29, 0.717) is 6.67 Å². The lowest BCUT2D eigenvalue weighted by Gasteiger charge is -2.17. The second-order valence-electron chi connectivity index (χ2n) is 2.37. The number of para-hydroxylation sites is 1. The predicted molar refractivity (Wildman–Crippen MR) is 51.2 cm³/mol. The van der Waals surface area contributed by atoms with Crippen LogP contribution >= 0.6 is 12.6 Å². The molecular formula is C8H12N2S. The van der Waals surface area contributed by atoms with E-state index < -0.39 is 0 Å². The molecule has 1 rings (SSSR count). The maximum atomic E-state index is 5.46. The molecule has 11 heavy (non-hydrogen) atoms. The highest BCUT2D eigenvalue weighted by atomic mass is 32.1. The third-order valence-corrected chi connectivity index (χ3v) is 1.95. The highest BCUT2D eigenvalue weighted by Gasteiger charge is 1.99. The van der Waals surface area contributed by atoms with Gasteiger partial charge in [0.15, 0.2) is 0 Å². The summed E-state index contributed by atoms with van der Waals surface area (Å²) in [6.07, 6.45) is 0. The number of nitrogens with zero attached hydrogens (tertiary/aromatic N) is 1. The Morgan fingerprint density at radius 3 is 2.64 bits per heavy atom. The molecule has 0 bridgehead atoms. The van der Waals surface area contributed by atoms with Crippen LogP contribution in [0.2, 0.25) is 0 Å². The SMILES string of the molecule is CN(CN)c1ccccc1S. The van der Waals surface area contributed by atoms with Gasteiger partial charge < -0.3 is 10.6 Å². The van der Waals surface area contributed by atoms with Crippen LogP contribution in [-0.2, 0) is 0 Å². The maximum Gasteiger partial charge on any atom is 0.0654 e. The Bertz CT molecular complexity index is 237. The molecule has 0 heterocycles. The molecule has 0 fully saturated rings. The third kappa shape index (κ3) is 1.88. The zero-order valence-electron chi connectivity index (χ0n) is 6.49. The molecule has 0 aromatic heterocycles. The summed E-state index contributed by atoms with van der Waals surface area (Å²) in [6, 6.07) is 7.87. The van der Waals surface area contributed by atoms with Crippen LogP contribution in [0.15, 0.2) is 29.2 Å². The van der Waals surface area contributed by atoms with Gasteiger partial charge in [0.05, 0.1) is 12.4 Å². The first-order valence-electron chi connectivity index (χ1n) is 3.45. The quantitative estimate of drug-likeness (QED) is 0.515. The van der Waals surface area contributed by atoms with Gasteiger partial charge in [-0.25, -0.2) is 0 Å². The van der Waals surface area contributed by atoms with Crippen molar-refractivity contribution >= 4 is 18.3 Å². The Morgan fingerprint density at radius 2 is 2.09 bits per heavy atom. The monoisotopic (exact) mass is 168 g/mol. The highest BCUT2D eigenvalue weighted by Crippen LogP contribution is 2.21. The summed E-state index contributed by atoms with van der Waals surface area (Å²) in [7, 11) is 1.94. The molecule has 1 aromatic carbocycles. The molecular weight excluding hydrogens is 156 g/mol. The molecule has 1 aromatic rings. The number of hydrogen-bond acceptors (Lipinski definition) is 3. The van der Waals surface area contributed by atoms with E-state index in [1.807, 2.05) is 36.2 Å². The number of rotatable bonds is 2. The number of nitrogens with two attached hydrogens (primary N) is 1. The molecule has 2 nitrogen and oxygen atoms in total. The van der Waals surface area contributed by atoms with Gasteiger partial charge in [0, 0.05) is 11.9 Å². The van der Waals surface area contributed by atoms with E-state index in [4.69, 9.17) is 5.73 Å². The third-order valence-electron chi connectivity index (χ3n) is 1.57. The first kappa shape index (κ1) is 8.43. The maximum absolute atomic E-state index is 5.46. The molecule has 0 spiro atoms. The Balaban J connectivity index is 2.93. The Morgan fingerprint density at radius 1 is 1.45 bits per heavy atom. The van der Waals surface area contributed by atoms with Crippen LogP contribution in [-0.4, -0.2) is 13.7 Å². The van der Waals surface area contributed by atoms with Gasteiger partial charge in [-0.15, -0.1) is 12.6 Å². The molecule has 0 saturated carbocycles. The van der Waals surface area contributed by atoms with Crippen LogP contribution in [0.3, 0.4) is 0 Å². The normalized spacial score (nSPS) is 9.73. The summed E-state index contributed by atoms with van der Waals surface area (Å²) in [5, 5.41) is 0. The first-order chi connectivity index (χ1) is 5.25. The minimum atomic E-state index is 0.511. The molecule has 2 N–H and O–H groups in total. The first-order valence-corrected chi connectivity index (χ1v) is 3.89. The second kappa shape index (κ2) is 3.64. The van der Waals surface area contributed by atoms with Crippen LogP contribution in [0.25, 0.3) is 0 Å². The Labute approximate surface area is 72.4 Å². The lowest BCUT2D eigenvalue weighted by Crippen LogP contribution is -2.25. The van der Waals surface area contributed by atoms with Crippen molar-refractivity contribution in [2.45, 2.75) is 4.90 Å². The van der Waals surface area contributed by atoms with Gasteiger partial charge in [-0.1, -0.05) is 12.1 Å². The summed E-state index contributed by atoms with van der Waals surface area (Å²) >= 11 is 4.29. The average molecular weight is 168 g/mol. The van der Waals surface area contributed by atoms with Crippen molar-refractivity contribution in [2.24, 2.45) is 5.73 Å². The van der Waals surface area contributed by atoms with Crippen molar-refractivity contribution in [1.29, 1.82) is 0 Å². The molecule has 3 heteroatoms. The molecule has 0 aliphatic heterocycles. The fourth-order valence-electron chi connectivity index (χ4n) is 0.885. The summed E-state index contributed by atoms with van der Waals surface area (Å²) in [5.41, 5.74) is 6.53. The summed E-state index contributed by atoms with van der Waals surface area (Å²) in [4.78, 5) is 2.91. The second-order valence-corrected chi connectivity index (χ2v) is 2.85. The lowest BCUT2D eigenvalue weighted by molar-refractivity contribution is 0.920. The molecule has 0 atom stereocenters. The van der Waals surface area contributed by atoms with E-state index in [1.54, 1.807) is 0 Å². The Kier molecular flexibility index (Phi) is 2.79. The predicted octanol–water partition coefficient (Wildman–Crippen LogP) is 1.33.